The molecule has 2 aromatic carbocycles. The first-order chi connectivity index (χ1) is 10.1. The zero-order valence-corrected chi connectivity index (χ0v) is 11.5. The molecule has 0 unspecified atom stereocenters. The normalized spacial score (nSPS) is 16.5. The molecule has 5 heteroatoms. The molecule has 0 spiro atoms. The fourth-order valence-corrected chi connectivity index (χ4v) is 2.58. The van der Waals surface area contributed by atoms with Crippen LogP contribution in [0.3, 0.4) is 0 Å². The Balaban J connectivity index is 2.10. The summed E-state index contributed by atoms with van der Waals surface area (Å²) >= 11 is 0. The average Bonchev–Trinajstić information content (AvgIpc) is 2.91. The molecule has 2 aromatic rings. The summed E-state index contributed by atoms with van der Waals surface area (Å²) in [7, 11) is 1.49. The van der Waals surface area contributed by atoms with E-state index in [2.05, 4.69) is 0 Å². The van der Waals surface area contributed by atoms with Gasteiger partial charge in [-0.15, -0.1) is 0 Å². The Hall–Kier alpha value is -2.14. The van der Waals surface area contributed by atoms with E-state index in [0.29, 0.717) is 29.8 Å². The molecule has 0 aromatic heterocycles. The van der Waals surface area contributed by atoms with Crippen LogP contribution in [0.5, 0.6) is 11.5 Å². The van der Waals surface area contributed by atoms with Crippen molar-refractivity contribution in [3.63, 3.8) is 0 Å². The van der Waals surface area contributed by atoms with E-state index in [4.69, 9.17) is 15.2 Å². The van der Waals surface area contributed by atoms with E-state index in [-0.39, 0.29) is 11.9 Å². The second-order valence-corrected chi connectivity index (χ2v) is 4.97. The first-order valence-corrected chi connectivity index (χ1v) is 6.65. The minimum Gasteiger partial charge on any atom is -0.496 e. The molecule has 21 heavy (non-hydrogen) atoms. The zero-order valence-electron chi connectivity index (χ0n) is 11.5. The summed E-state index contributed by atoms with van der Waals surface area (Å²) in [6.07, 6.45) is 0.341. The summed E-state index contributed by atoms with van der Waals surface area (Å²) in [5.74, 6) is -0.137. The van der Waals surface area contributed by atoms with Crippen molar-refractivity contribution in [2.75, 3.05) is 13.7 Å². The molecule has 1 atom stereocenters. The van der Waals surface area contributed by atoms with Gasteiger partial charge in [-0.1, -0.05) is 0 Å². The van der Waals surface area contributed by atoms with Crippen molar-refractivity contribution >= 4 is 0 Å². The molecule has 110 valence electrons. The Bertz CT molecular complexity index is 688. The fraction of sp³-hybridized carbons (Fsp3) is 0.250. The smallest absolute Gasteiger partial charge is 0.165 e. The Morgan fingerprint density at radius 2 is 2.10 bits per heavy atom. The van der Waals surface area contributed by atoms with Crippen molar-refractivity contribution in [3.05, 3.63) is 47.5 Å². The second-order valence-electron chi connectivity index (χ2n) is 4.97. The predicted octanol–water partition coefficient (Wildman–Crippen LogP) is 2.90. The second kappa shape index (κ2) is 5.33. The maximum Gasteiger partial charge on any atom is 0.165 e. The van der Waals surface area contributed by atoms with E-state index >= 15 is 0 Å². The highest BCUT2D eigenvalue weighted by atomic mass is 19.1. The topological polar surface area (TPSA) is 44.5 Å². The molecule has 0 saturated carbocycles. The summed E-state index contributed by atoms with van der Waals surface area (Å²) in [5.41, 5.74) is 7.37. The summed E-state index contributed by atoms with van der Waals surface area (Å²) in [4.78, 5) is 0. The molecule has 1 aliphatic rings. The standard InChI is InChI=1S/C16H15F2NO2/c1-20-15-3-2-11(17)7-13(15)9-4-10-5-12(8-19)21-16(10)14(18)6-9/h2-4,6-7,12H,5,8,19H2,1H3/t12-/m0/s1. The van der Waals surface area contributed by atoms with Gasteiger partial charge in [0.2, 0.25) is 0 Å². The van der Waals surface area contributed by atoms with E-state index in [0.717, 1.165) is 5.56 Å². The lowest BCUT2D eigenvalue weighted by Gasteiger charge is -2.11. The Kier molecular flexibility index (Phi) is 3.51. The molecule has 0 amide bonds. The van der Waals surface area contributed by atoms with E-state index in [9.17, 15) is 8.78 Å². The SMILES string of the molecule is COc1ccc(F)cc1-c1cc(F)c2c(c1)C[C@@H](CN)O2. The van der Waals surface area contributed by atoms with Crippen LogP contribution in [0, 0.1) is 11.6 Å². The molecule has 0 bridgehead atoms. The summed E-state index contributed by atoms with van der Waals surface area (Å²) < 4.78 is 38.3. The number of ether oxygens (including phenoxy) is 2. The molecule has 1 aliphatic heterocycles. The molecular formula is C16H15F2NO2. The molecule has 3 rings (SSSR count). The first-order valence-electron chi connectivity index (χ1n) is 6.65. The summed E-state index contributed by atoms with van der Waals surface area (Å²) in [6, 6.07) is 7.28. The van der Waals surface area contributed by atoms with Crippen molar-refractivity contribution in [2.24, 2.45) is 5.73 Å². The van der Waals surface area contributed by atoms with Crippen molar-refractivity contribution in [3.8, 4) is 22.6 Å². The van der Waals surface area contributed by atoms with Gasteiger partial charge in [0.1, 0.15) is 17.7 Å². The average molecular weight is 291 g/mol. The van der Waals surface area contributed by atoms with Gasteiger partial charge >= 0.3 is 0 Å². The molecule has 0 fully saturated rings. The number of methoxy groups -OCH3 is 1. The molecule has 0 saturated heterocycles. The number of hydrogen-bond donors (Lipinski definition) is 1. The number of nitrogens with two attached hydrogens (primary N) is 1. The molecule has 1 heterocycles. The number of fused-ring (bicyclic) bond motifs is 1. The van der Waals surface area contributed by atoms with Crippen LogP contribution in [0.4, 0.5) is 8.78 Å². The maximum atomic E-state index is 14.2. The van der Waals surface area contributed by atoms with Crippen LogP contribution < -0.4 is 15.2 Å². The van der Waals surface area contributed by atoms with Gasteiger partial charge in [0.25, 0.3) is 0 Å². The van der Waals surface area contributed by atoms with E-state index in [1.54, 1.807) is 6.07 Å². The van der Waals surface area contributed by atoms with Crippen LogP contribution in [0.1, 0.15) is 5.56 Å². The van der Waals surface area contributed by atoms with Crippen LogP contribution in [-0.2, 0) is 6.42 Å². The molecule has 3 nitrogen and oxygen atoms in total. The fourth-order valence-electron chi connectivity index (χ4n) is 2.58. The van der Waals surface area contributed by atoms with Gasteiger partial charge in [0.05, 0.1) is 7.11 Å². The number of rotatable bonds is 3. The highest BCUT2D eigenvalue weighted by Crippen LogP contribution is 2.38. The van der Waals surface area contributed by atoms with Gasteiger partial charge in [0.15, 0.2) is 11.6 Å². The monoisotopic (exact) mass is 291 g/mol. The van der Waals surface area contributed by atoms with Gasteiger partial charge < -0.3 is 15.2 Å². The molecular weight excluding hydrogens is 276 g/mol. The minimum absolute atomic E-state index is 0.209. The Labute approximate surface area is 121 Å². The van der Waals surface area contributed by atoms with Gasteiger partial charge in [-0.25, -0.2) is 8.78 Å². The van der Waals surface area contributed by atoms with Crippen molar-refractivity contribution in [2.45, 2.75) is 12.5 Å². The lowest BCUT2D eigenvalue weighted by Crippen LogP contribution is -2.24. The highest BCUT2D eigenvalue weighted by molar-refractivity contribution is 5.72. The molecule has 0 aliphatic carbocycles. The third kappa shape index (κ3) is 2.45. The van der Waals surface area contributed by atoms with Crippen molar-refractivity contribution in [1.82, 2.24) is 0 Å². The largest absolute Gasteiger partial charge is 0.496 e. The lowest BCUT2D eigenvalue weighted by molar-refractivity contribution is 0.232. The van der Waals surface area contributed by atoms with Crippen molar-refractivity contribution < 1.29 is 18.3 Å². The summed E-state index contributed by atoms with van der Waals surface area (Å²) in [6.45, 7) is 0.326. The lowest BCUT2D eigenvalue weighted by atomic mass is 9.99. The molecule has 0 radical (unpaired) electrons. The van der Waals surface area contributed by atoms with Crippen molar-refractivity contribution in [1.29, 1.82) is 0 Å². The number of hydrogen-bond acceptors (Lipinski definition) is 3. The quantitative estimate of drug-likeness (QED) is 0.945. The van der Waals surface area contributed by atoms with Crippen LogP contribution in [-0.4, -0.2) is 19.8 Å². The van der Waals surface area contributed by atoms with E-state index in [1.165, 1.54) is 31.4 Å². The summed E-state index contributed by atoms with van der Waals surface area (Å²) in [5, 5.41) is 0. The van der Waals surface area contributed by atoms with Crippen LogP contribution >= 0.6 is 0 Å². The first kappa shape index (κ1) is 13.8. The van der Waals surface area contributed by atoms with E-state index in [1.807, 2.05) is 0 Å². The predicted molar refractivity (Wildman–Crippen MR) is 75.5 cm³/mol. The van der Waals surface area contributed by atoms with Gasteiger partial charge in [0, 0.05) is 24.1 Å². The van der Waals surface area contributed by atoms with Crippen LogP contribution in [0.15, 0.2) is 30.3 Å². The van der Waals surface area contributed by atoms with E-state index < -0.39 is 11.6 Å². The Morgan fingerprint density at radius 3 is 2.81 bits per heavy atom. The third-order valence-electron chi connectivity index (χ3n) is 3.59. The van der Waals surface area contributed by atoms with Crippen LogP contribution in [0.2, 0.25) is 0 Å². The number of benzene rings is 2. The highest BCUT2D eigenvalue weighted by Gasteiger charge is 2.26. The third-order valence-corrected chi connectivity index (χ3v) is 3.59. The minimum atomic E-state index is -0.468. The zero-order chi connectivity index (χ0) is 15.0. The van der Waals surface area contributed by atoms with Gasteiger partial charge in [-0.05, 0) is 35.9 Å². The van der Waals surface area contributed by atoms with Gasteiger partial charge in [-0.3, -0.25) is 0 Å². The van der Waals surface area contributed by atoms with Crippen LogP contribution in [0.25, 0.3) is 11.1 Å². The maximum absolute atomic E-state index is 14.2. The number of halogens is 2. The van der Waals surface area contributed by atoms with Gasteiger partial charge in [-0.2, -0.15) is 0 Å². The molecule has 2 N–H and O–H groups in total. The Morgan fingerprint density at radius 1 is 1.29 bits per heavy atom.